The van der Waals surface area contributed by atoms with Crippen molar-refractivity contribution in [1.29, 1.82) is 0 Å². The zero-order valence-electron chi connectivity index (χ0n) is 12.8. The maximum absolute atomic E-state index is 12.9. The number of nitrogens with one attached hydrogen (secondary N) is 1. The molecule has 25 heavy (non-hydrogen) atoms. The molecule has 0 aliphatic rings. The van der Waals surface area contributed by atoms with Crippen molar-refractivity contribution in [3.8, 4) is 5.75 Å². The summed E-state index contributed by atoms with van der Waals surface area (Å²) in [5.74, 6) is -0.585. The van der Waals surface area contributed by atoms with Crippen LogP contribution in [0.15, 0.2) is 51.4 Å². The molecule has 3 rings (SSSR count). The van der Waals surface area contributed by atoms with Gasteiger partial charge in [0.25, 0.3) is 5.91 Å². The molecule has 0 bridgehead atoms. The lowest BCUT2D eigenvalue weighted by molar-refractivity contribution is -0.137. The SMILES string of the molecule is COc1ccc(C(F)(F)F)cc1NC(=O)c1cc2ccc(Br)cc2o1. The van der Waals surface area contributed by atoms with Crippen LogP contribution in [0.4, 0.5) is 18.9 Å². The van der Waals surface area contributed by atoms with Gasteiger partial charge in [-0.25, -0.2) is 0 Å². The van der Waals surface area contributed by atoms with Crippen LogP contribution in [0.25, 0.3) is 11.0 Å². The van der Waals surface area contributed by atoms with Crippen molar-refractivity contribution in [1.82, 2.24) is 0 Å². The molecule has 130 valence electrons. The molecular formula is C17H11BrF3NO3. The molecule has 0 saturated carbocycles. The minimum absolute atomic E-state index is 0.0208. The van der Waals surface area contributed by atoms with Crippen LogP contribution in [0.1, 0.15) is 16.1 Å². The molecule has 0 aliphatic carbocycles. The van der Waals surface area contributed by atoms with Crippen molar-refractivity contribution in [2.24, 2.45) is 0 Å². The normalized spacial score (nSPS) is 11.6. The first-order valence-corrected chi connectivity index (χ1v) is 7.83. The second-order valence-electron chi connectivity index (χ2n) is 5.16. The third-order valence-corrected chi connectivity index (χ3v) is 3.97. The van der Waals surface area contributed by atoms with E-state index in [4.69, 9.17) is 9.15 Å². The quantitative estimate of drug-likeness (QED) is 0.618. The predicted molar refractivity (Wildman–Crippen MR) is 89.9 cm³/mol. The number of carbonyl (C=O) groups excluding carboxylic acids is 1. The number of ether oxygens (including phenoxy) is 1. The van der Waals surface area contributed by atoms with Crippen molar-refractivity contribution in [3.63, 3.8) is 0 Å². The van der Waals surface area contributed by atoms with E-state index in [2.05, 4.69) is 21.2 Å². The summed E-state index contributed by atoms with van der Waals surface area (Å²) < 4.78 is 49.8. The van der Waals surface area contributed by atoms with Crippen molar-refractivity contribution < 1.29 is 27.1 Å². The summed E-state index contributed by atoms with van der Waals surface area (Å²) in [6.07, 6.45) is -4.53. The van der Waals surface area contributed by atoms with Crippen LogP contribution in [-0.2, 0) is 6.18 Å². The Balaban J connectivity index is 1.93. The van der Waals surface area contributed by atoms with E-state index in [1.54, 1.807) is 18.2 Å². The van der Waals surface area contributed by atoms with Gasteiger partial charge < -0.3 is 14.5 Å². The Hall–Kier alpha value is -2.48. The summed E-state index contributed by atoms with van der Waals surface area (Å²) in [5.41, 5.74) is -0.503. The number of hydrogen-bond donors (Lipinski definition) is 1. The molecule has 1 aromatic heterocycles. The minimum atomic E-state index is -4.53. The average molecular weight is 414 g/mol. The highest BCUT2D eigenvalue weighted by molar-refractivity contribution is 9.10. The van der Waals surface area contributed by atoms with Gasteiger partial charge in [-0.3, -0.25) is 4.79 Å². The lowest BCUT2D eigenvalue weighted by Crippen LogP contribution is -2.13. The number of amides is 1. The van der Waals surface area contributed by atoms with Gasteiger partial charge in [0.1, 0.15) is 11.3 Å². The zero-order chi connectivity index (χ0) is 18.2. The molecule has 0 atom stereocenters. The molecule has 0 unspecified atom stereocenters. The van der Waals surface area contributed by atoms with E-state index in [0.29, 0.717) is 11.0 Å². The molecule has 8 heteroatoms. The van der Waals surface area contributed by atoms with E-state index in [1.807, 2.05) is 0 Å². The van der Waals surface area contributed by atoms with Gasteiger partial charge in [0.15, 0.2) is 5.76 Å². The second-order valence-corrected chi connectivity index (χ2v) is 6.08. The topological polar surface area (TPSA) is 51.5 Å². The van der Waals surface area contributed by atoms with Gasteiger partial charge in [0.2, 0.25) is 0 Å². The summed E-state index contributed by atoms with van der Waals surface area (Å²) >= 11 is 3.29. The highest BCUT2D eigenvalue weighted by atomic mass is 79.9. The number of rotatable bonds is 3. The highest BCUT2D eigenvalue weighted by Crippen LogP contribution is 2.35. The lowest BCUT2D eigenvalue weighted by atomic mass is 10.1. The van der Waals surface area contributed by atoms with Crippen LogP contribution in [-0.4, -0.2) is 13.0 Å². The molecule has 4 nitrogen and oxygen atoms in total. The monoisotopic (exact) mass is 413 g/mol. The lowest BCUT2D eigenvalue weighted by Gasteiger charge is -2.13. The molecule has 1 N–H and O–H groups in total. The summed E-state index contributed by atoms with van der Waals surface area (Å²) in [4.78, 5) is 12.3. The second kappa shape index (κ2) is 6.44. The summed E-state index contributed by atoms with van der Waals surface area (Å²) in [5, 5.41) is 3.09. The summed E-state index contributed by atoms with van der Waals surface area (Å²) in [6, 6.07) is 9.59. The molecule has 0 aliphatic heterocycles. The first kappa shape index (κ1) is 17.3. The third kappa shape index (κ3) is 3.63. The maximum atomic E-state index is 12.9. The van der Waals surface area contributed by atoms with Crippen molar-refractivity contribution in [3.05, 3.63) is 58.3 Å². The van der Waals surface area contributed by atoms with Crippen molar-refractivity contribution >= 4 is 38.5 Å². The fraction of sp³-hybridized carbons (Fsp3) is 0.118. The first-order valence-electron chi connectivity index (χ1n) is 7.03. The smallest absolute Gasteiger partial charge is 0.416 e. The van der Waals surface area contributed by atoms with E-state index in [-0.39, 0.29) is 17.2 Å². The van der Waals surface area contributed by atoms with Gasteiger partial charge in [-0.2, -0.15) is 13.2 Å². The van der Waals surface area contributed by atoms with Crippen LogP contribution in [0.5, 0.6) is 5.75 Å². The van der Waals surface area contributed by atoms with Crippen LogP contribution in [0.2, 0.25) is 0 Å². The fourth-order valence-electron chi connectivity index (χ4n) is 2.28. The fourth-order valence-corrected chi connectivity index (χ4v) is 2.62. The molecule has 0 fully saturated rings. The number of alkyl halides is 3. The first-order chi connectivity index (χ1) is 11.8. The maximum Gasteiger partial charge on any atom is 0.416 e. The average Bonchev–Trinajstić information content (AvgIpc) is 2.97. The van der Waals surface area contributed by atoms with Gasteiger partial charge >= 0.3 is 6.18 Å². The Morgan fingerprint density at radius 1 is 1.16 bits per heavy atom. The van der Waals surface area contributed by atoms with E-state index in [9.17, 15) is 18.0 Å². The third-order valence-electron chi connectivity index (χ3n) is 3.48. The van der Waals surface area contributed by atoms with E-state index < -0.39 is 17.6 Å². The summed E-state index contributed by atoms with van der Waals surface area (Å²) in [7, 11) is 1.30. The van der Waals surface area contributed by atoms with E-state index in [1.165, 1.54) is 13.2 Å². The van der Waals surface area contributed by atoms with Gasteiger partial charge in [-0.1, -0.05) is 15.9 Å². The minimum Gasteiger partial charge on any atom is -0.495 e. The van der Waals surface area contributed by atoms with Gasteiger partial charge in [-0.05, 0) is 42.5 Å². The number of carbonyl (C=O) groups is 1. The molecule has 0 saturated heterocycles. The van der Waals surface area contributed by atoms with Gasteiger partial charge in [-0.15, -0.1) is 0 Å². The Kier molecular flexibility index (Phi) is 4.47. The number of methoxy groups -OCH3 is 1. The Morgan fingerprint density at radius 3 is 2.60 bits per heavy atom. The molecule has 3 aromatic rings. The number of hydrogen-bond acceptors (Lipinski definition) is 3. The summed E-state index contributed by atoms with van der Waals surface area (Å²) in [6.45, 7) is 0. The van der Waals surface area contributed by atoms with E-state index in [0.717, 1.165) is 22.7 Å². The van der Waals surface area contributed by atoms with Crippen LogP contribution in [0, 0.1) is 0 Å². The number of fused-ring (bicyclic) bond motifs is 1. The van der Waals surface area contributed by atoms with Crippen LogP contribution < -0.4 is 10.1 Å². The largest absolute Gasteiger partial charge is 0.495 e. The predicted octanol–water partition coefficient (Wildman–Crippen LogP) is 5.48. The Labute approximate surface area is 148 Å². The molecule has 0 radical (unpaired) electrons. The number of halogens is 4. The molecular weight excluding hydrogens is 403 g/mol. The molecule has 1 amide bonds. The van der Waals surface area contributed by atoms with Crippen LogP contribution >= 0.6 is 15.9 Å². The van der Waals surface area contributed by atoms with Crippen LogP contribution in [0.3, 0.4) is 0 Å². The van der Waals surface area contributed by atoms with Crippen molar-refractivity contribution in [2.45, 2.75) is 6.18 Å². The number of anilines is 1. The van der Waals surface area contributed by atoms with E-state index >= 15 is 0 Å². The molecule has 2 aromatic carbocycles. The van der Waals surface area contributed by atoms with Gasteiger partial charge in [0, 0.05) is 9.86 Å². The highest BCUT2D eigenvalue weighted by Gasteiger charge is 2.31. The Morgan fingerprint density at radius 2 is 1.92 bits per heavy atom. The number of benzene rings is 2. The Bertz CT molecular complexity index is 950. The zero-order valence-corrected chi connectivity index (χ0v) is 14.4. The standard InChI is InChI=1S/C17H11BrF3NO3/c1-24-13-5-3-10(17(19,20)21)7-12(13)22-16(23)15-6-9-2-4-11(18)8-14(9)25-15/h2-8H,1H3,(H,22,23). The number of furan rings is 1. The van der Waals surface area contributed by atoms with Crippen molar-refractivity contribution in [2.75, 3.05) is 12.4 Å². The molecule has 0 spiro atoms. The van der Waals surface area contributed by atoms with Gasteiger partial charge in [0.05, 0.1) is 18.4 Å². The molecule has 1 heterocycles.